The lowest BCUT2D eigenvalue weighted by molar-refractivity contribution is -0.105. The summed E-state index contributed by atoms with van der Waals surface area (Å²) in [5.41, 5.74) is -1.18. The summed E-state index contributed by atoms with van der Waals surface area (Å²) in [5.74, 6) is -5.99. The van der Waals surface area contributed by atoms with Crippen molar-refractivity contribution in [1.29, 1.82) is 0 Å². The van der Waals surface area contributed by atoms with E-state index in [0.29, 0.717) is 25.7 Å². The molecule has 1 N–H and O–H groups in total. The second-order valence-corrected chi connectivity index (χ2v) is 10.4. The van der Waals surface area contributed by atoms with Gasteiger partial charge in [-0.25, -0.2) is 26.3 Å². The molecule has 4 saturated carbocycles. The highest BCUT2D eigenvalue weighted by Gasteiger charge is 2.71. The van der Waals surface area contributed by atoms with Crippen LogP contribution in [-0.4, -0.2) is 33.1 Å². The lowest BCUT2D eigenvalue weighted by atomic mass is 9.76. The number of alkyl halides is 2. The zero-order valence-corrected chi connectivity index (χ0v) is 16.5. The fourth-order valence-electron chi connectivity index (χ4n) is 5.38. The van der Waals surface area contributed by atoms with Crippen LogP contribution in [0.15, 0.2) is 12.1 Å². The zero-order chi connectivity index (χ0) is 20.5. The molecular formula is C18H19ClF3NO4S. The van der Waals surface area contributed by atoms with Gasteiger partial charge in [0, 0.05) is 23.3 Å². The van der Waals surface area contributed by atoms with Gasteiger partial charge in [0.2, 0.25) is 10.0 Å². The van der Waals surface area contributed by atoms with E-state index in [1.165, 1.54) is 0 Å². The fraction of sp³-hybridized carbons (Fsp3) is 0.611. The average Bonchev–Trinajstić information content (AvgIpc) is 2.90. The molecule has 0 aliphatic heterocycles. The third kappa shape index (κ3) is 3.16. The van der Waals surface area contributed by atoms with E-state index in [2.05, 4.69) is 0 Å². The zero-order valence-electron chi connectivity index (χ0n) is 15.0. The van der Waals surface area contributed by atoms with E-state index in [4.69, 9.17) is 16.3 Å². The van der Waals surface area contributed by atoms with Crippen LogP contribution in [0.3, 0.4) is 0 Å². The van der Waals surface area contributed by atoms with Crippen LogP contribution < -0.4 is 9.46 Å². The Labute approximate surface area is 165 Å². The first-order chi connectivity index (χ1) is 12.9. The third-order valence-corrected chi connectivity index (χ3v) is 7.19. The summed E-state index contributed by atoms with van der Waals surface area (Å²) in [4.78, 5) is 11.9. The summed E-state index contributed by atoms with van der Waals surface area (Å²) < 4.78 is 72.9. The molecule has 4 aliphatic rings. The topological polar surface area (TPSA) is 72.5 Å². The molecule has 5 nitrogen and oxygen atoms in total. The minimum absolute atomic E-state index is 0.00823. The van der Waals surface area contributed by atoms with Crippen molar-refractivity contribution in [2.75, 3.05) is 12.9 Å². The molecule has 4 fully saturated rings. The molecule has 1 amide bonds. The van der Waals surface area contributed by atoms with Crippen molar-refractivity contribution in [3.05, 3.63) is 28.5 Å². The van der Waals surface area contributed by atoms with E-state index in [1.807, 2.05) is 0 Å². The van der Waals surface area contributed by atoms with Crippen LogP contribution in [0.2, 0.25) is 5.02 Å². The molecule has 4 unspecified atom stereocenters. The van der Waals surface area contributed by atoms with E-state index >= 15 is 0 Å². The molecule has 0 radical (unpaired) electrons. The van der Waals surface area contributed by atoms with E-state index in [1.54, 1.807) is 4.72 Å². The van der Waals surface area contributed by atoms with E-state index in [0.717, 1.165) is 18.4 Å². The molecule has 0 spiro atoms. The molecule has 4 aliphatic carbocycles. The Bertz CT molecular complexity index is 954. The summed E-state index contributed by atoms with van der Waals surface area (Å²) in [6.07, 6.45) is 2.85. The number of carbonyl (C=O) groups is 1. The maximum atomic E-state index is 14.5. The van der Waals surface area contributed by atoms with Gasteiger partial charge >= 0.3 is 0 Å². The number of nitrogens with one attached hydrogen (secondary N) is 1. The van der Waals surface area contributed by atoms with Crippen LogP contribution in [0.5, 0.6) is 5.75 Å². The SMILES string of the molecule is CS(=O)(=O)NC(=O)c1cc(Cl)c(OCC23CC4CC(C2)C(F)(F)C3C4)cc1F. The number of carbonyl (C=O) groups excluding carboxylic acids is 1. The smallest absolute Gasteiger partial charge is 0.267 e. The summed E-state index contributed by atoms with van der Waals surface area (Å²) in [6.45, 7) is 0.00823. The lowest BCUT2D eigenvalue weighted by Crippen LogP contribution is -2.36. The molecule has 0 aromatic heterocycles. The van der Waals surface area contributed by atoms with Gasteiger partial charge in [0.15, 0.2) is 0 Å². The van der Waals surface area contributed by atoms with Crippen LogP contribution in [-0.2, 0) is 10.0 Å². The molecule has 5 rings (SSSR count). The van der Waals surface area contributed by atoms with Gasteiger partial charge in [0.05, 0.1) is 23.4 Å². The standard InChI is InChI=1S/C18H19ClF3NO4S/c1-28(25,26)23-16(24)11-4-12(19)14(5-13(11)20)27-8-17-6-9-2-10(7-17)18(21,22)15(17)3-9/h4-5,9-10,15H,2-3,6-8H2,1H3,(H,23,24). The number of amides is 1. The van der Waals surface area contributed by atoms with Crippen molar-refractivity contribution < 1.29 is 31.1 Å². The van der Waals surface area contributed by atoms with Crippen molar-refractivity contribution in [3.8, 4) is 5.75 Å². The molecule has 4 bridgehead atoms. The van der Waals surface area contributed by atoms with Gasteiger partial charge in [0.1, 0.15) is 11.6 Å². The molecule has 28 heavy (non-hydrogen) atoms. The number of rotatable bonds is 5. The van der Waals surface area contributed by atoms with Crippen LogP contribution in [0.4, 0.5) is 13.2 Å². The largest absolute Gasteiger partial charge is 0.491 e. The normalized spacial score (nSPS) is 32.5. The Kier molecular flexibility index (Phi) is 4.43. The predicted molar refractivity (Wildman–Crippen MR) is 95.5 cm³/mol. The minimum Gasteiger partial charge on any atom is -0.491 e. The lowest BCUT2D eigenvalue weighted by Gasteiger charge is -2.32. The predicted octanol–water partition coefficient (Wildman–Crippen LogP) is 3.62. The number of hydrogen-bond acceptors (Lipinski definition) is 4. The van der Waals surface area contributed by atoms with Gasteiger partial charge in [-0.2, -0.15) is 0 Å². The molecule has 0 heterocycles. The Hall–Kier alpha value is -1.48. The maximum absolute atomic E-state index is 14.5. The number of hydrogen-bond donors (Lipinski definition) is 1. The van der Waals surface area contributed by atoms with Crippen LogP contribution >= 0.6 is 11.6 Å². The summed E-state index contributed by atoms with van der Waals surface area (Å²) in [6, 6.07) is 1.85. The molecule has 4 atom stereocenters. The first-order valence-corrected chi connectivity index (χ1v) is 11.2. The molecule has 1 aromatic rings. The third-order valence-electron chi connectivity index (χ3n) is 6.34. The Balaban J connectivity index is 1.52. The van der Waals surface area contributed by atoms with E-state index in [9.17, 15) is 26.4 Å². The highest BCUT2D eigenvalue weighted by atomic mass is 35.5. The summed E-state index contributed by atoms with van der Waals surface area (Å²) >= 11 is 6.07. The molecule has 10 heteroatoms. The Morgan fingerprint density at radius 2 is 2.04 bits per heavy atom. The van der Waals surface area contributed by atoms with Crippen molar-refractivity contribution in [2.24, 2.45) is 23.2 Å². The Morgan fingerprint density at radius 1 is 1.32 bits per heavy atom. The van der Waals surface area contributed by atoms with Crippen molar-refractivity contribution >= 4 is 27.5 Å². The fourth-order valence-corrected chi connectivity index (χ4v) is 6.05. The molecular weight excluding hydrogens is 419 g/mol. The highest BCUT2D eigenvalue weighted by molar-refractivity contribution is 7.89. The van der Waals surface area contributed by atoms with Crippen LogP contribution in [0, 0.1) is 29.0 Å². The van der Waals surface area contributed by atoms with Crippen LogP contribution in [0.25, 0.3) is 0 Å². The number of sulfonamides is 1. The van der Waals surface area contributed by atoms with Gasteiger partial charge in [0.25, 0.3) is 11.8 Å². The van der Waals surface area contributed by atoms with Gasteiger partial charge in [-0.15, -0.1) is 0 Å². The van der Waals surface area contributed by atoms with Gasteiger partial charge < -0.3 is 4.74 Å². The van der Waals surface area contributed by atoms with Crippen molar-refractivity contribution in [2.45, 2.75) is 31.6 Å². The monoisotopic (exact) mass is 437 g/mol. The number of ether oxygens (including phenoxy) is 1. The summed E-state index contributed by atoms with van der Waals surface area (Å²) in [7, 11) is -3.87. The van der Waals surface area contributed by atoms with E-state index < -0.39 is 50.5 Å². The molecule has 0 saturated heterocycles. The Morgan fingerprint density at radius 3 is 2.71 bits per heavy atom. The maximum Gasteiger partial charge on any atom is 0.267 e. The first-order valence-electron chi connectivity index (χ1n) is 8.93. The second-order valence-electron chi connectivity index (χ2n) is 8.29. The minimum atomic E-state index is -3.87. The van der Waals surface area contributed by atoms with Crippen molar-refractivity contribution in [3.63, 3.8) is 0 Å². The molecule has 154 valence electrons. The van der Waals surface area contributed by atoms with Gasteiger partial charge in [-0.3, -0.25) is 4.79 Å². The number of halogens is 4. The number of benzene rings is 1. The quantitative estimate of drug-likeness (QED) is 0.763. The van der Waals surface area contributed by atoms with Gasteiger partial charge in [-0.1, -0.05) is 11.6 Å². The highest BCUT2D eigenvalue weighted by Crippen LogP contribution is 2.70. The van der Waals surface area contributed by atoms with Crippen molar-refractivity contribution in [1.82, 2.24) is 4.72 Å². The summed E-state index contributed by atoms with van der Waals surface area (Å²) in [5, 5.41) is -0.0964. The molecule has 1 aromatic carbocycles. The van der Waals surface area contributed by atoms with E-state index in [-0.39, 0.29) is 23.3 Å². The van der Waals surface area contributed by atoms with Crippen LogP contribution in [0.1, 0.15) is 36.0 Å². The van der Waals surface area contributed by atoms with Gasteiger partial charge in [-0.05, 0) is 37.7 Å². The first kappa shape index (κ1) is 19.8. The second kappa shape index (κ2) is 6.26. The average molecular weight is 438 g/mol.